The highest BCUT2D eigenvalue weighted by Crippen LogP contribution is 2.28. The largest absolute Gasteiger partial charge is 0.485 e. The number of ether oxygens (including phenoxy) is 1. The molecule has 0 heterocycles. The Morgan fingerprint density at radius 3 is 1.96 bits per heavy atom. The van der Waals surface area contributed by atoms with Gasteiger partial charge in [0, 0.05) is 11.4 Å². The first-order valence-electron chi connectivity index (χ1n) is 9.73. The van der Waals surface area contributed by atoms with Crippen molar-refractivity contribution in [2.75, 3.05) is 11.5 Å². The number of hydrogen-bond acceptors (Lipinski definition) is 3. The maximum Gasteiger partial charge on any atom is 0.182 e. The van der Waals surface area contributed by atoms with E-state index in [1.165, 1.54) is 19.3 Å². The van der Waals surface area contributed by atoms with Crippen LogP contribution in [-0.4, -0.2) is 17.7 Å². The highest BCUT2D eigenvalue weighted by Gasteiger charge is 2.22. The Balaban J connectivity index is 2.11. The fourth-order valence-electron chi connectivity index (χ4n) is 3.10. The predicted molar refractivity (Wildman–Crippen MR) is 116 cm³/mol. The molecular formula is C23H31NOS. The Morgan fingerprint density at radius 2 is 1.50 bits per heavy atom. The molecule has 0 aliphatic carbocycles. The summed E-state index contributed by atoms with van der Waals surface area (Å²) >= 11 is 5.67. The van der Waals surface area contributed by atoms with E-state index >= 15 is 0 Å². The van der Waals surface area contributed by atoms with E-state index in [0.717, 1.165) is 24.4 Å². The zero-order chi connectivity index (χ0) is 18.8. The van der Waals surface area contributed by atoms with Crippen molar-refractivity contribution in [3.63, 3.8) is 0 Å². The molecule has 2 nitrogen and oxygen atoms in total. The van der Waals surface area contributed by atoms with Gasteiger partial charge in [-0.05, 0) is 55.7 Å². The minimum Gasteiger partial charge on any atom is -0.485 e. The molecule has 2 aromatic carbocycles. The summed E-state index contributed by atoms with van der Waals surface area (Å²) in [4.78, 5) is 2.25. The van der Waals surface area contributed by atoms with Crippen LogP contribution in [0.25, 0.3) is 0 Å². The van der Waals surface area contributed by atoms with Gasteiger partial charge in [-0.25, -0.2) is 0 Å². The SMILES string of the molecule is CCCCC(CC)COC(=S)C(C)N(c1ccccc1)c1ccccc1. The molecule has 0 aliphatic heterocycles. The van der Waals surface area contributed by atoms with E-state index in [-0.39, 0.29) is 6.04 Å². The minimum absolute atomic E-state index is 0.0153. The second-order valence-corrected chi connectivity index (χ2v) is 7.17. The van der Waals surface area contributed by atoms with Crippen molar-refractivity contribution >= 4 is 28.6 Å². The molecule has 0 saturated carbocycles. The highest BCUT2D eigenvalue weighted by molar-refractivity contribution is 7.80. The van der Waals surface area contributed by atoms with Crippen LogP contribution < -0.4 is 4.90 Å². The van der Waals surface area contributed by atoms with Gasteiger partial charge < -0.3 is 9.64 Å². The molecule has 0 aliphatic rings. The van der Waals surface area contributed by atoms with Crippen molar-refractivity contribution < 1.29 is 4.74 Å². The molecule has 140 valence electrons. The van der Waals surface area contributed by atoms with Gasteiger partial charge in [-0.15, -0.1) is 0 Å². The van der Waals surface area contributed by atoms with Crippen LogP contribution in [-0.2, 0) is 4.74 Å². The van der Waals surface area contributed by atoms with Gasteiger partial charge in [-0.3, -0.25) is 0 Å². The number of rotatable bonds is 10. The van der Waals surface area contributed by atoms with Crippen LogP contribution >= 0.6 is 12.2 Å². The Labute approximate surface area is 164 Å². The lowest BCUT2D eigenvalue weighted by Gasteiger charge is -2.32. The number of anilines is 2. The number of hydrogen-bond donors (Lipinski definition) is 0. The average molecular weight is 370 g/mol. The molecule has 2 unspecified atom stereocenters. The van der Waals surface area contributed by atoms with Gasteiger partial charge in [0.25, 0.3) is 0 Å². The van der Waals surface area contributed by atoms with Crippen LogP contribution in [0.2, 0.25) is 0 Å². The van der Waals surface area contributed by atoms with E-state index in [2.05, 4.69) is 74.2 Å². The van der Waals surface area contributed by atoms with E-state index in [1.807, 2.05) is 12.1 Å². The Bertz CT molecular complexity index is 604. The topological polar surface area (TPSA) is 12.5 Å². The summed E-state index contributed by atoms with van der Waals surface area (Å²) in [6.45, 7) is 7.31. The maximum absolute atomic E-state index is 6.07. The molecule has 26 heavy (non-hydrogen) atoms. The van der Waals surface area contributed by atoms with Crippen molar-refractivity contribution in [3.8, 4) is 0 Å². The summed E-state index contributed by atoms with van der Waals surface area (Å²) in [5, 5.41) is 0.660. The van der Waals surface area contributed by atoms with Crippen LogP contribution in [0.3, 0.4) is 0 Å². The van der Waals surface area contributed by atoms with Crippen molar-refractivity contribution in [3.05, 3.63) is 60.7 Å². The van der Waals surface area contributed by atoms with Crippen LogP contribution in [0.4, 0.5) is 11.4 Å². The molecule has 0 amide bonds. The second kappa shape index (κ2) is 11.0. The zero-order valence-electron chi connectivity index (χ0n) is 16.2. The lowest BCUT2D eigenvalue weighted by molar-refractivity contribution is 0.221. The quantitative estimate of drug-likeness (QED) is 0.429. The molecule has 0 aromatic heterocycles. The van der Waals surface area contributed by atoms with E-state index < -0.39 is 0 Å². The van der Waals surface area contributed by atoms with Gasteiger partial charge in [0.05, 0.1) is 12.6 Å². The highest BCUT2D eigenvalue weighted by atomic mass is 32.1. The Morgan fingerprint density at radius 1 is 0.962 bits per heavy atom. The Kier molecular flexibility index (Phi) is 8.63. The third-order valence-electron chi connectivity index (χ3n) is 4.80. The van der Waals surface area contributed by atoms with E-state index in [9.17, 15) is 0 Å². The summed E-state index contributed by atoms with van der Waals surface area (Å²) in [7, 11) is 0. The summed E-state index contributed by atoms with van der Waals surface area (Å²) in [5.41, 5.74) is 2.24. The number of benzene rings is 2. The van der Waals surface area contributed by atoms with Crippen LogP contribution in [0.15, 0.2) is 60.7 Å². The predicted octanol–water partition coefficient (Wildman–Crippen LogP) is 6.77. The van der Waals surface area contributed by atoms with Crippen LogP contribution in [0, 0.1) is 5.92 Å². The first kappa shape index (κ1) is 20.4. The average Bonchev–Trinajstić information content (AvgIpc) is 2.69. The lowest BCUT2D eigenvalue weighted by Crippen LogP contribution is -2.36. The van der Waals surface area contributed by atoms with Crippen LogP contribution in [0.1, 0.15) is 46.5 Å². The molecule has 2 aromatic rings. The molecular weight excluding hydrogens is 338 g/mol. The summed E-state index contributed by atoms with van der Waals surface area (Å²) < 4.78 is 6.07. The van der Waals surface area contributed by atoms with Crippen molar-refractivity contribution in [2.24, 2.45) is 5.92 Å². The molecule has 0 saturated heterocycles. The number of unbranched alkanes of at least 4 members (excludes halogenated alkanes) is 1. The normalized spacial score (nSPS) is 13.0. The summed E-state index contributed by atoms with van der Waals surface area (Å²) in [6, 6.07) is 20.7. The number of thiocarbonyl (C=S) groups is 1. The van der Waals surface area contributed by atoms with Crippen molar-refractivity contribution in [2.45, 2.75) is 52.5 Å². The van der Waals surface area contributed by atoms with Crippen molar-refractivity contribution in [1.82, 2.24) is 0 Å². The van der Waals surface area contributed by atoms with Gasteiger partial charge in [0.2, 0.25) is 0 Å². The summed E-state index contributed by atoms with van der Waals surface area (Å²) in [5.74, 6) is 0.585. The third-order valence-corrected chi connectivity index (χ3v) is 5.26. The molecule has 0 bridgehead atoms. The molecule has 0 radical (unpaired) electrons. The summed E-state index contributed by atoms with van der Waals surface area (Å²) in [6.07, 6.45) is 4.83. The van der Waals surface area contributed by atoms with Crippen molar-refractivity contribution in [1.29, 1.82) is 0 Å². The van der Waals surface area contributed by atoms with E-state index in [4.69, 9.17) is 17.0 Å². The second-order valence-electron chi connectivity index (χ2n) is 6.76. The monoisotopic (exact) mass is 369 g/mol. The van der Waals surface area contributed by atoms with Gasteiger partial charge in [-0.1, -0.05) is 69.5 Å². The van der Waals surface area contributed by atoms with Gasteiger partial charge in [0.1, 0.15) is 0 Å². The molecule has 0 N–H and O–H groups in total. The Hall–Kier alpha value is -1.87. The van der Waals surface area contributed by atoms with E-state index in [1.54, 1.807) is 0 Å². The van der Waals surface area contributed by atoms with Gasteiger partial charge in [-0.2, -0.15) is 0 Å². The molecule has 3 heteroatoms. The number of para-hydroxylation sites is 2. The first-order valence-corrected chi connectivity index (χ1v) is 10.1. The number of nitrogens with zero attached hydrogens (tertiary/aromatic N) is 1. The zero-order valence-corrected chi connectivity index (χ0v) is 17.0. The van der Waals surface area contributed by atoms with E-state index in [0.29, 0.717) is 11.0 Å². The molecule has 0 fully saturated rings. The maximum atomic E-state index is 6.07. The third kappa shape index (κ3) is 5.84. The minimum atomic E-state index is -0.0153. The standard InChI is InChI=1S/C23H31NOS/c1-4-6-13-20(5-2)18-25-23(26)19(3)24(21-14-9-7-10-15-21)22-16-11-8-12-17-22/h7-12,14-17,19-20H,4-6,13,18H2,1-3H3. The first-order chi connectivity index (χ1) is 12.7. The molecule has 0 spiro atoms. The van der Waals surface area contributed by atoms with Gasteiger partial charge >= 0.3 is 0 Å². The smallest absolute Gasteiger partial charge is 0.182 e. The van der Waals surface area contributed by atoms with Crippen LogP contribution in [0.5, 0.6) is 0 Å². The lowest BCUT2D eigenvalue weighted by atomic mass is 10.0. The fourth-order valence-corrected chi connectivity index (χ4v) is 3.27. The molecule has 2 atom stereocenters. The fraction of sp³-hybridized carbons (Fsp3) is 0.435. The molecule has 2 rings (SSSR count). The van der Waals surface area contributed by atoms with Gasteiger partial charge in [0.15, 0.2) is 5.05 Å².